The van der Waals surface area contributed by atoms with Crippen LogP contribution in [0.4, 0.5) is 5.82 Å². The molecule has 2 atom stereocenters. The van der Waals surface area contributed by atoms with Gasteiger partial charge in [-0.25, -0.2) is 4.98 Å². The summed E-state index contributed by atoms with van der Waals surface area (Å²) in [7, 11) is -0.828. The van der Waals surface area contributed by atoms with E-state index in [1.54, 1.807) is 12.3 Å². The summed E-state index contributed by atoms with van der Waals surface area (Å²) in [6.45, 7) is 6.70. The second kappa shape index (κ2) is 8.77. The molecule has 1 amide bonds. The first kappa shape index (κ1) is 17.6. The highest BCUT2D eigenvalue weighted by molar-refractivity contribution is 7.84. The Balaban J connectivity index is 2.76. The fourth-order valence-corrected chi connectivity index (χ4v) is 2.58. The Morgan fingerprint density at radius 1 is 1.38 bits per heavy atom. The number of hydrogen-bond donors (Lipinski definition) is 2. The predicted octanol–water partition coefficient (Wildman–Crippen LogP) is 1.96. The van der Waals surface area contributed by atoms with Crippen molar-refractivity contribution in [3.8, 4) is 0 Å². The van der Waals surface area contributed by atoms with Gasteiger partial charge in [-0.05, 0) is 38.8 Å². The maximum atomic E-state index is 12.3. The average molecular weight is 311 g/mol. The topological polar surface area (TPSA) is 71.1 Å². The standard InChI is InChI=1S/C15H25N3O2S/c1-5-13-9-12(10-14(18-13)16-6-2)15(19)17-11(3)7-8-21(4)20/h9-11H,5-8H2,1-4H3,(H,16,18)(H,17,19). The zero-order valence-corrected chi connectivity index (χ0v) is 14.0. The van der Waals surface area contributed by atoms with E-state index in [2.05, 4.69) is 15.6 Å². The van der Waals surface area contributed by atoms with Crippen molar-refractivity contribution in [3.63, 3.8) is 0 Å². The molecular weight excluding hydrogens is 286 g/mol. The van der Waals surface area contributed by atoms with Gasteiger partial charge in [0.2, 0.25) is 0 Å². The number of amides is 1. The average Bonchev–Trinajstić information content (AvgIpc) is 2.45. The van der Waals surface area contributed by atoms with E-state index in [4.69, 9.17) is 0 Å². The fraction of sp³-hybridized carbons (Fsp3) is 0.600. The van der Waals surface area contributed by atoms with Gasteiger partial charge in [-0.3, -0.25) is 9.00 Å². The molecule has 1 heterocycles. The van der Waals surface area contributed by atoms with Gasteiger partial charge >= 0.3 is 0 Å². The van der Waals surface area contributed by atoms with Crippen LogP contribution in [0.5, 0.6) is 0 Å². The number of aromatic nitrogens is 1. The Kier molecular flexibility index (Phi) is 7.36. The summed E-state index contributed by atoms with van der Waals surface area (Å²) in [6.07, 6.45) is 3.16. The first-order valence-electron chi connectivity index (χ1n) is 7.32. The molecule has 1 rings (SSSR count). The number of carbonyl (C=O) groups excluding carboxylic acids is 1. The van der Waals surface area contributed by atoms with Crippen molar-refractivity contribution in [2.75, 3.05) is 23.9 Å². The Morgan fingerprint density at radius 2 is 2.10 bits per heavy atom. The van der Waals surface area contributed by atoms with Crippen LogP contribution >= 0.6 is 0 Å². The zero-order chi connectivity index (χ0) is 15.8. The quantitative estimate of drug-likeness (QED) is 0.770. The maximum absolute atomic E-state index is 12.3. The maximum Gasteiger partial charge on any atom is 0.251 e. The SMILES string of the molecule is CCNc1cc(C(=O)NC(C)CCS(C)=O)cc(CC)n1. The van der Waals surface area contributed by atoms with Crippen LogP contribution in [-0.4, -0.2) is 39.7 Å². The van der Waals surface area contributed by atoms with Crippen molar-refractivity contribution < 1.29 is 9.00 Å². The molecule has 0 saturated heterocycles. The summed E-state index contributed by atoms with van der Waals surface area (Å²) < 4.78 is 11.1. The first-order valence-corrected chi connectivity index (χ1v) is 9.04. The molecule has 0 radical (unpaired) electrons. The second-order valence-corrected chi connectivity index (χ2v) is 6.61. The molecule has 0 spiro atoms. The number of carbonyl (C=O) groups is 1. The van der Waals surface area contributed by atoms with Crippen molar-refractivity contribution in [1.29, 1.82) is 0 Å². The summed E-state index contributed by atoms with van der Waals surface area (Å²) >= 11 is 0. The lowest BCUT2D eigenvalue weighted by atomic mass is 10.1. The molecule has 5 nitrogen and oxygen atoms in total. The largest absolute Gasteiger partial charge is 0.370 e. The molecule has 6 heteroatoms. The lowest BCUT2D eigenvalue weighted by Gasteiger charge is -2.14. The van der Waals surface area contributed by atoms with E-state index in [0.717, 1.165) is 24.5 Å². The van der Waals surface area contributed by atoms with Crippen molar-refractivity contribution in [2.45, 2.75) is 39.7 Å². The Morgan fingerprint density at radius 3 is 2.67 bits per heavy atom. The molecule has 0 fully saturated rings. The van der Waals surface area contributed by atoms with Crippen molar-refractivity contribution in [3.05, 3.63) is 23.4 Å². The van der Waals surface area contributed by atoms with E-state index in [1.165, 1.54) is 0 Å². The van der Waals surface area contributed by atoms with Gasteiger partial charge in [0.25, 0.3) is 5.91 Å². The smallest absolute Gasteiger partial charge is 0.251 e. The third-order valence-electron chi connectivity index (χ3n) is 3.08. The molecule has 1 aromatic heterocycles. The van der Waals surface area contributed by atoms with E-state index < -0.39 is 10.8 Å². The third kappa shape index (κ3) is 6.25. The Hall–Kier alpha value is -1.43. The molecular formula is C15H25N3O2S. The third-order valence-corrected chi connectivity index (χ3v) is 3.89. The minimum atomic E-state index is -0.828. The van der Waals surface area contributed by atoms with Crippen LogP contribution in [0, 0.1) is 0 Å². The van der Waals surface area contributed by atoms with Gasteiger partial charge in [0.15, 0.2) is 0 Å². The summed E-state index contributed by atoms with van der Waals surface area (Å²) in [5.74, 6) is 1.21. The molecule has 1 aromatic rings. The molecule has 0 aliphatic heterocycles. The first-order chi connectivity index (χ1) is 9.96. The number of anilines is 1. The Labute approximate surface area is 129 Å². The van der Waals surface area contributed by atoms with Gasteiger partial charge in [-0.15, -0.1) is 0 Å². The number of hydrogen-bond acceptors (Lipinski definition) is 4. The molecule has 0 saturated carbocycles. The normalized spacial score (nSPS) is 13.5. The number of rotatable bonds is 8. The van der Waals surface area contributed by atoms with E-state index in [1.807, 2.05) is 26.8 Å². The summed E-state index contributed by atoms with van der Waals surface area (Å²) in [5, 5.41) is 6.08. The highest BCUT2D eigenvalue weighted by atomic mass is 32.2. The number of nitrogens with zero attached hydrogens (tertiary/aromatic N) is 1. The Bertz CT molecular complexity index is 506. The summed E-state index contributed by atoms with van der Waals surface area (Å²) in [6, 6.07) is 3.59. The van der Waals surface area contributed by atoms with Gasteiger partial charge in [-0.1, -0.05) is 6.92 Å². The lowest BCUT2D eigenvalue weighted by molar-refractivity contribution is 0.0939. The van der Waals surface area contributed by atoms with Crippen molar-refractivity contribution in [2.24, 2.45) is 0 Å². The molecule has 0 aliphatic rings. The minimum Gasteiger partial charge on any atom is -0.370 e. The monoisotopic (exact) mass is 311 g/mol. The molecule has 118 valence electrons. The van der Waals surface area contributed by atoms with E-state index in [-0.39, 0.29) is 11.9 Å². The molecule has 2 unspecified atom stereocenters. The van der Waals surface area contributed by atoms with Crippen molar-refractivity contribution in [1.82, 2.24) is 10.3 Å². The van der Waals surface area contributed by atoms with Crippen LogP contribution in [0.1, 0.15) is 43.2 Å². The van der Waals surface area contributed by atoms with Gasteiger partial charge in [0.1, 0.15) is 5.82 Å². The highest BCUT2D eigenvalue weighted by Gasteiger charge is 2.12. The molecule has 0 bridgehead atoms. The lowest BCUT2D eigenvalue weighted by Crippen LogP contribution is -2.33. The number of pyridine rings is 1. The minimum absolute atomic E-state index is 0.00206. The molecule has 0 aromatic carbocycles. The highest BCUT2D eigenvalue weighted by Crippen LogP contribution is 2.12. The van der Waals surface area contributed by atoms with E-state index >= 15 is 0 Å². The van der Waals surface area contributed by atoms with Gasteiger partial charge in [0.05, 0.1) is 0 Å². The van der Waals surface area contributed by atoms with Gasteiger partial charge < -0.3 is 10.6 Å². The van der Waals surface area contributed by atoms with Crippen molar-refractivity contribution >= 4 is 22.5 Å². The number of aryl methyl sites for hydroxylation is 1. The van der Waals surface area contributed by atoms with Crippen LogP contribution < -0.4 is 10.6 Å². The summed E-state index contributed by atoms with van der Waals surface area (Å²) in [5.41, 5.74) is 1.50. The molecule has 0 aliphatic carbocycles. The predicted molar refractivity (Wildman–Crippen MR) is 88.3 cm³/mol. The van der Waals surface area contributed by atoms with Crippen LogP contribution in [-0.2, 0) is 17.2 Å². The van der Waals surface area contributed by atoms with Crippen LogP contribution in [0.15, 0.2) is 12.1 Å². The van der Waals surface area contributed by atoms with Crippen LogP contribution in [0.25, 0.3) is 0 Å². The van der Waals surface area contributed by atoms with E-state index in [0.29, 0.717) is 17.7 Å². The number of nitrogens with one attached hydrogen (secondary N) is 2. The second-order valence-electron chi connectivity index (χ2n) is 5.06. The molecule has 2 N–H and O–H groups in total. The fourth-order valence-electron chi connectivity index (χ4n) is 1.89. The zero-order valence-electron chi connectivity index (χ0n) is 13.2. The van der Waals surface area contributed by atoms with Gasteiger partial charge in [0, 0.05) is 46.7 Å². The van der Waals surface area contributed by atoms with Crippen LogP contribution in [0.2, 0.25) is 0 Å². The van der Waals surface area contributed by atoms with Gasteiger partial charge in [-0.2, -0.15) is 0 Å². The van der Waals surface area contributed by atoms with Crippen LogP contribution in [0.3, 0.4) is 0 Å². The summed E-state index contributed by atoms with van der Waals surface area (Å²) in [4.78, 5) is 16.7. The molecule has 21 heavy (non-hydrogen) atoms. The van der Waals surface area contributed by atoms with E-state index in [9.17, 15) is 9.00 Å².